The third kappa shape index (κ3) is 4.47. The number of ether oxygens (including phenoxy) is 1. The molecule has 0 spiro atoms. The van der Waals surface area contributed by atoms with E-state index in [0.29, 0.717) is 37.3 Å². The fourth-order valence-corrected chi connectivity index (χ4v) is 5.39. The number of morpholine rings is 1. The van der Waals surface area contributed by atoms with Crippen molar-refractivity contribution in [3.05, 3.63) is 54.3 Å². The number of fused-ring (bicyclic) bond motifs is 1. The van der Waals surface area contributed by atoms with Gasteiger partial charge in [0, 0.05) is 32.6 Å². The highest BCUT2D eigenvalue weighted by atomic mass is 32.2. The molecule has 1 aliphatic heterocycles. The second-order valence-electron chi connectivity index (χ2n) is 7.57. The molecular weight excluding hydrogens is 470 g/mol. The van der Waals surface area contributed by atoms with Crippen molar-refractivity contribution < 1.29 is 30.8 Å². The smallest absolute Gasteiger partial charge is 0.291 e. The summed E-state index contributed by atoms with van der Waals surface area (Å²) < 4.78 is 65.3. The van der Waals surface area contributed by atoms with Crippen molar-refractivity contribution >= 4 is 42.6 Å². The fourth-order valence-electron chi connectivity index (χ4n) is 3.40. The number of benzene rings is 2. The number of nitrogens with one attached hydrogen (secondary N) is 1. The van der Waals surface area contributed by atoms with E-state index >= 15 is 0 Å². The number of rotatable bonds is 6. The Bertz CT molecular complexity index is 1390. The molecule has 10 nitrogen and oxygen atoms in total. The molecule has 176 valence electrons. The first-order chi connectivity index (χ1) is 15.6. The van der Waals surface area contributed by atoms with E-state index in [0.717, 1.165) is 4.31 Å². The molecule has 3 aromatic rings. The van der Waals surface area contributed by atoms with Crippen LogP contribution in [-0.4, -0.2) is 72.3 Å². The van der Waals surface area contributed by atoms with Crippen LogP contribution in [0.15, 0.2) is 62.7 Å². The van der Waals surface area contributed by atoms with Crippen LogP contribution < -0.4 is 4.72 Å². The SMILES string of the molecule is CN(C)S(=O)(=O)c1ccc(S(=O)(=O)Nc2c(C(=O)N3CCOCC3)oc3ccccc23)cc1. The number of sulfonamides is 2. The van der Waals surface area contributed by atoms with Gasteiger partial charge in [0.2, 0.25) is 15.8 Å². The van der Waals surface area contributed by atoms with Gasteiger partial charge in [-0.05, 0) is 36.4 Å². The van der Waals surface area contributed by atoms with E-state index in [4.69, 9.17) is 9.15 Å². The molecule has 4 rings (SSSR count). The normalized spacial score (nSPS) is 15.2. The van der Waals surface area contributed by atoms with Crippen molar-refractivity contribution in [1.82, 2.24) is 9.21 Å². The van der Waals surface area contributed by atoms with Crippen LogP contribution in [0.1, 0.15) is 10.6 Å². The summed E-state index contributed by atoms with van der Waals surface area (Å²) in [6, 6.07) is 11.6. The third-order valence-electron chi connectivity index (χ3n) is 5.24. The second kappa shape index (κ2) is 8.78. The molecule has 0 aliphatic carbocycles. The van der Waals surface area contributed by atoms with Crippen LogP contribution in [0, 0.1) is 0 Å². The van der Waals surface area contributed by atoms with Gasteiger partial charge in [0.15, 0.2) is 0 Å². The number of carbonyl (C=O) groups is 1. The predicted molar refractivity (Wildman–Crippen MR) is 121 cm³/mol. The maximum Gasteiger partial charge on any atom is 0.291 e. The minimum absolute atomic E-state index is 0.0343. The molecule has 1 amide bonds. The van der Waals surface area contributed by atoms with Crippen LogP contribution in [0.5, 0.6) is 0 Å². The topological polar surface area (TPSA) is 126 Å². The summed E-state index contributed by atoms with van der Waals surface area (Å²) in [7, 11) is -5.09. The monoisotopic (exact) mass is 493 g/mol. The summed E-state index contributed by atoms with van der Waals surface area (Å²) in [5.41, 5.74) is 0.395. The number of para-hydroxylation sites is 1. The summed E-state index contributed by atoms with van der Waals surface area (Å²) in [6.07, 6.45) is 0. The van der Waals surface area contributed by atoms with Gasteiger partial charge in [-0.1, -0.05) is 12.1 Å². The van der Waals surface area contributed by atoms with Gasteiger partial charge in [0.1, 0.15) is 11.3 Å². The molecule has 1 aromatic heterocycles. The van der Waals surface area contributed by atoms with Crippen LogP contribution in [0.3, 0.4) is 0 Å². The average molecular weight is 494 g/mol. The molecule has 0 unspecified atom stereocenters. The van der Waals surface area contributed by atoms with Gasteiger partial charge in [-0.2, -0.15) is 0 Å². The molecule has 2 heterocycles. The van der Waals surface area contributed by atoms with Gasteiger partial charge in [0.25, 0.3) is 15.9 Å². The molecule has 33 heavy (non-hydrogen) atoms. The number of amides is 1. The van der Waals surface area contributed by atoms with Crippen molar-refractivity contribution in [2.75, 3.05) is 45.1 Å². The molecule has 1 aliphatic rings. The van der Waals surface area contributed by atoms with E-state index in [1.165, 1.54) is 38.4 Å². The minimum Gasteiger partial charge on any atom is -0.449 e. The zero-order chi connectivity index (χ0) is 23.8. The summed E-state index contributed by atoms with van der Waals surface area (Å²) in [5, 5.41) is 0.435. The molecule has 12 heteroatoms. The van der Waals surface area contributed by atoms with Crippen LogP contribution in [0.2, 0.25) is 0 Å². The van der Waals surface area contributed by atoms with Crippen LogP contribution >= 0.6 is 0 Å². The van der Waals surface area contributed by atoms with E-state index in [1.807, 2.05) is 0 Å². The lowest BCUT2D eigenvalue weighted by atomic mass is 10.2. The van der Waals surface area contributed by atoms with Crippen LogP contribution in [0.25, 0.3) is 11.0 Å². The number of furan rings is 1. The van der Waals surface area contributed by atoms with E-state index in [1.54, 1.807) is 29.2 Å². The number of carbonyl (C=O) groups excluding carboxylic acids is 1. The molecule has 0 bridgehead atoms. The standard InChI is InChI=1S/C21H23N3O7S2/c1-23(2)33(28,29)16-9-7-15(8-10-16)32(26,27)22-19-17-5-3-4-6-18(17)31-20(19)21(25)24-11-13-30-14-12-24/h3-10,22H,11-14H2,1-2H3. The molecule has 0 atom stereocenters. The number of hydrogen-bond donors (Lipinski definition) is 1. The number of hydrogen-bond acceptors (Lipinski definition) is 7. The minimum atomic E-state index is -4.16. The van der Waals surface area contributed by atoms with Gasteiger partial charge >= 0.3 is 0 Å². The fraction of sp³-hybridized carbons (Fsp3) is 0.286. The average Bonchev–Trinajstić information content (AvgIpc) is 3.17. The Balaban J connectivity index is 1.71. The Morgan fingerprint density at radius 3 is 2.18 bits per heavy atom. The van der Waals surface area contributed by atoms with Crippen molar-refractivity contribution in [2.24, 2.45) is 0 Å². The zero-order valence-electron chi connectivity index (χ0n) is 18.0. The molecule has 2 aromatic carbocycles. The van der Waals surface area contributed by atoms with Gasteiger partial charge in [-0.25, -0.2) is 21.1 Å². The quantitative estimate of drug-likeness (QED) is 0.556. The molecule has 1 fully saturated rings. The Morgan fingerprint density at radius 2 is 1.55 bits per heavy atom. The first-order valence-electron chi connectivity index (χ1n) is 10.1. The highest BCUT2D eigenvalue weighted by Crippen LogP contribution is 2.33. The molecule has 1 N–H and O–H groups in total. The predicted octanol–water partition coefficient (Wildman–Crippen LogP) is 1.96. The largest absolute Gasteiger partial charge is 0.449 e. The van der Waals surface area contributed by atoms with Crippen LogP contribution in [-0.2, 0) is 24.8 Å². The lowest BCUT2D eigenvalue weighted by Gasteiger charge is -2.26. The van der Waals surface area contributed by atoms with E-state index in [-0.39, 0.29) is 21.2 Å². The number of anilines is 1. The first kappa shape index (κ1) is 23.2. The Labute approximate surface area is 191 Å². The lowest BCUT2D eigenvalue weighted by molar-refractivity contribution is 0.0285. The molecule has 1 saturated heterocycles. The Hall–Kier alpha value is -2.93. The van der Waals surface area contributed by atoms with E-state index < -0.39 is 26.0 Å². The lowest BCUT2D eigenvalue weighted by Crippen LogP contribution is -2.40. The maximum absolute atomic E-state index is 13.1. The number of nitrogens with zero attached hydrogens (tertiary/aromatic N) is 2. The molecular formula is C21H23N3O7S2. The Kier molecular flexibility index (Phi) is 6.18. The third-order valence-corrected chi connectivity index (χ3v) is 8.43. The van der Waals surface area contributed by atoms with Crippen LogP contribution in [0.4, 0.5) is 5.69 Å². The van der Waals surface area contributed by atoms with Gasteiger partial charge in [-0.15, -0.1) is 0 Å². The van der Waals surface area contributed by atoms with Crippen molar-refractivity contribution in [3.8, 4) is 0 Å². The van der Waals surface area contributed by atoms with Gasteiger partial charge in [0.05, 0.1) is 23.0 Å². The highest BCUT2D eigenvalue weighted by molar-refractivity contribution is 7.92. The molecule has 0 radical (unpaired) electrons. The maximum atomic E-state index is 13.1. The summed E-state index contributed by atoms with van der Waals surface area (Å²) >= 11 is 0. The van der Waals surface area contributed by atoms with E-state index in [9.17, 15) is 21.6 Å². The summed E-state index contributed by atoms with van der Waals surface area (Å²) in [6.45, 7) is 1.50. The summed E-state index contributed by atoms with van der Waals surface area (Å²) in [5.74, 6) is -0.562. The van der Waals surface area contributed by atoms with Crippen molar-refractivity contribution in [2.45, 2.75) is 9.79 Å². The van der Waals surface area contributed by atoms with E-state index in [2.05, 4.69) is 4.72 Å². The van der Waals surface area contributed by atoms with Crippen molar-refractivity contribution in [3.63, 3.8) is 0 Å². The molecule has 0 saturated carbocycles. The zero-order valence-corrected chi connectivity index (χ0v) is 19.6. The highest BCUT2D eigenvalue weighted by Gasteiger charge is 2.29. The first-order valence-corrected chi connectivity index (χ1v) is 13.0. The Morgan fingerprint density at radius 1 is 0.939 bits per heavy atom. The van der Waals surface area contributed by atoms with Gasteiger partial charge in [-0.3, -0.25) is 9.52 Å². The summed E-state index contributed by atoms with van der Waals surface area (Å²) in [4.78, 5) is 14.4. The second-order valence-corrected chi connectivity index (χ2v) is 11.4. The van der Waals surface area contributed by atoms with Gasteiger partial charge < -0.3 is 14.1 Å². The van der Waals surface area contributed by atoms with Crippen molar-refractivity contribution in [1.29, 1.82) is 0 Å².